The van der Waals surface area contributed by atoms with E-state index in [4.69, 9.17) is 4.98 Å². The number of nitrogens with one attached hydrogen (secondary N) is 1. The molecule has 208 valence electrons. The maximum absolute atomic E-state index is 16.6. The summed E-state index contributed by atoms with van der Waals surface area (Å²) in [6, 6.07) is 9.83. The molecule has 0 spiro atoms. The molecule has 5 aliphatic rings. The van der Waals surface area contributed by atoms with Crippen molar-refractivity contribution in [1.29, 1.82) is 0 Å². The van der Waals surface area contributed by atoms with Crippen LogP contribution >= 0.6 is 11.8 Å². The number of piperazine rings is 1. The molecule has 5 saturated heterocycles. The Kier molecular flexibility index (Phi) is 5.85. The highest BCUT2D eigenvalue weighted by Crippen LogP contribution is 2.40. The van der Waals surface area contributed by atoms with Crippen LogP contribution in [0.5, 0.6) is 5.75 Å². The van der Waals surface area contributed by atoms with Crippen LogP contribution in [0.4, 0.5) is 10.2 Å². The molecule has 2 bridgehead atoms. The second-order valence-corrected chi connectivity index (χ2v) is 12.5. The van der Waals surface area contributed by atoms with E-state index in [9.17, 15) is 5.11 Å². The highest BCUT2D eigenvalue weighted by atomic mass is 32.2. The number of phenolic OH excluding ortho intramolecular Hbond substituents is 1. The van der Waals surface area contributed by atoms with E-state index in [1.807, 2.05) is 24.5 Å². The first-order valence-corrected chi connectivity index (χ1v) is 15.6. The third-order valence-electron chi connectivity index (χ3n) is 9.20. The Morgan fingerprint density at radius 3 is 2.61 bits per heavy atom. The number of halogens is 1. The van der Waals surface area contributed by atoms with Crippen molar-refractivity contribution in [2.24, 2.45) is 0 Å². The quantitative estimate of drug-likeness (QED) is 0.277. The van der Waals surface area contributed by atoms with Crippen molar-refractivity contribution in [3.05, 3.63) is 42.0 Å². The highest BCUT2D eigenvalue weighted by molar-refractivity contribution is 7.98. The molecule has 2 aromatic heterocycles. The molecule has 2 N–H and O–H groups in total. The lowest BCUT2D eigenvalue weighted by Crippen LogP contribution is -2.67. The molecule has 0 saturated carbocycles. The fourth-order valence-electron chi connectivity index (χ4n) is 7.30. The fourth-order valence-corrected chi connectivity index (χ4v) is 7.94. The van der Waals surface area contributed by atoms with Gasteiger partial charge in [-0.05, 0) is 81.0 Å². The summed E-state index contributed by atoms with van der Waals surface area (Å²) in [6.07, 6.45) is 7.50. The van der Waals surface area contributed by atoms with Gasteiger partial charge in [0.15, 0.2) is 17.2 Å². The van der Waals surface area contributed by atoms with Gasteiger partial charge in [0.2, 0.25) is 5.82 Å². The average Bonchev–Trinajstić information content (AvgIpc) is 3.56. The van der Waals surface area contributed by atoms with E-state index in [0.29, 0.717) is 34.8 Å². The number of thioether (sulfide) groups is 1. The number of benzene rings is 2. The van der Waals surface area contributed by atoms with Crippen LogP contribution in [-0.2, 0) is 0 Å². The molecule has 2 atom stereocenters. The first kappa shape index (κ1) is 25.2. The van der Waals surface area contributed by atoms with Gasteiger partial charge in [-0.1, -0.05) is 18.1 Å². The van der Waals surface area contributed by atoms with Gasteiger partial charge in [-0.25, -0.2) is 14.4 Å². The van der Waals surface area contributed by atoms with Gasteiger partial charge in [0, 0.05) is 41.0 Å². The predicted molar refractivity (Wildman–Crippen MR) is 159 cm³/mol. The molecule has 0 radical (unpaired) electrons. The van der Waals surface area contributed by atoms with Crippen LogP contribution < -0.4 is 10.2 Å². The molecular formula is C31H30FN7OS. The van der Waals surface area contributed by atoms with Crippen LogP contribution in [0.3, 0.4) is 0 Å². The second kappa shape index (κ2) is 9.51. The Bertz CT molecular complexity index is 1760. The van der Waals surface area contributed by atoms with Crippen molar-refractivity contribution < 1.29 is 9.50 Å². The van der Waals surface area contributed by atoms with Crippen molar-refractivity contribution in [1.82, 2.24) is 30.4 Å². The van der Waals surface area contributed by atoms with E-state index in [-0.39, 0.29) is 22.5 Å². The van der Waals surface area contributed by atoms with E-state index in [2.05, 4.69) is 42.1 Å². The zero-order valence-electron chi connectivity index (χ0n) is 22.8. The third-order valence-corrected chi connectivity index (χ3v) is 9.98. The Morgan fingerprint density at radius 2 is 1.85 bits per heavy atom. The Labute approximate surface area is 241 Å². The van der Waals surface area contributed by atoms with E-state index in [1.54, 1.807) is 23.9 Å². The standard InChI is InChI=1S/C31H30FN7OS/c1-41-23-6-2-5-18-13-21(40)15-22(25(18)23)27-26(32)28-29(37-36-27)30(38-16-19-14-20(17-38)33-19)35-24(34-28)7-10-31-8-3-11-39(31)12-4-9-31/h2,5-6,13,15,19-20,33,40H,3-4,8-9,11-12,14,16-17H2,1H3/t19-,20?/m0/s1. The Balaban J connectivity index is 1.32. The van der Waals surface area contributed by atoms with Gasteiger partial charge < -0.3 is 15.3 Å². The zero-order chi connectivity index (χ0) is 27.7. The van der Waals surface area contributed by atoms with Crippen LogP contribution in [0.15, 0.2) is 35.2 Å². The van der Waals surface area contributed by atoms with Gasteiger partial charge in [-0.3, -0.25) is 4.90 Å². The lowest BCUT2D eigenvalue weighted by atomic mass is 9.91. The normalized spacial score (nSPS) is 22.9. The minimum atomic E-state index is -0.577. The van der Waals surface area contributed by atoms with E-state index < -0.39 is 5.82 Å². The minimum Gasteiger partial charge on any atom is -0.508 e. The molecule has 41 heavy (non-hydrogen) atoms. The van der Waals surface area contributed by atoms with Gasteiger partial charge in [0.25, 0.3) is 0 Å². The van der Waals surface area contributed by atoms with Gasteiger partial charge in [-0.2, -0.15) is 0 Å². The van der Waals surface area contributed by atoms with Gasteiger partial charge in [0.1, 0.15) is 17.0 Å². The van der Waals surface area contributed by atoms with Gasteiger partial charge in [0.05, 0.1) is 5.54 Å². The lowest BCUT2D eigenvalue weighted by Gasteiger charge is -2.48. The maximum Gasteiger partial charge on any atom is 0.207 e. The molecule has 10 heteroatoms. The lowest BCUT2D eigenvalue weighted by molar-refractivity contribution is 0.225. The molecule has 2 aromatic carbocycles. The molecule has 9 rings (SSSR count). The average molecular weight is 568 g/mol. The summed E-state index contributed by atoms with van der Waals surface area (Å²) in [6.45, 7) is 3.69. The summed E-state index contributed by atoms with van der Waals surface area (Å²) in [5, 5.41) is 24.6. The van der Waals surface area contributed by atoms with Crippen LogP contribution in [0.25, 0.3) is 33.1 Å². The number of piperidine rings is 1. The summed E-state index contributed by atoms with van der Waals surface area (Å²) >= 11 is 1.56. The van der Waals surface area contributed by atoms with Crippen molar-refractivity contribution in [3.8, 4) is 28.8 Å². The number of phenols is 1. The highest BCUT2D eigenvalue weighted by Gasteiger charge is 2.43. The van der Waals surface area contributed by atoms with E-state index in [1.165, 1.54) is 0 Å². The molecular weight excluding hydrogens is 537 g/mol. The van der Waals surface area contributed by atoms with E-state index in [0.717, 1.165) is 74.0 Å². The first-order valence-electron chi connectivity index (χ1n) is 14.3. The number of rotatable bonds is 3. The molecule has 0 aliphatic carbocycles. The molecule has 4 aromatic rings. The summed E-state index contributed by atoms with van der Waals surface area (Å²) in [5.74, 6) is 7.16. The molecule has 8 nitrogen and oxygen atoms in total. The topological polar surface area (TPSA) is 90.3 Å². The Hall–Kier alpha value is -3.52. The van der Waals surface area contributed by atoms with Crippen LogP contribution in [-0.4, -0.2) is 80.2 Å². The first-order chi connectivity index (χ1) is 20.0. The number of aromatic nitrogens is 4. The molecule has 5 fully saturated rings. The largest absolute Gasteiger partial charge is 0.508 e. The van der Waals surface area contributed by atoms with Crippen molar-refractivity contribution in [2.45, 2.75) is 54.6 Å². The predicted octanol–water partition coefficient (Wildman–Crippen LogP) is 4.34. The smallest absolute Gasteiger partial charge is 0.207 e. The Morgan fingerprint density at radius 1 is 1.07 bits per heavy atom. The van der Waals surface area contributed by atoms with Crippen LogP contribution in [0.2, 0.25) is 0 Å². The number of nitrogens with zero attached hydrogens (tertiary/aromatic N) is 6. The SMILES string of the molecule is CSc1cccc2cc(O)cc(-c3nnc4c(N5CC6C[C@@H](C5)N6)nc(C#CC56CCCN5CCC6)nc4c3F)c12. The summed E-state index contributed by atoms with van der Waals surface area (Å²) in [5.41, 5.74) is 0.878. The minimum absolute atomic E-state index is 0.0407. The third kappa shape index (κ3) is 4.05. The monoisotopic (exact) mass is 567 g/mol. The van der Waals surface area contributed by atoms with Crippen molar-refractivity contribution >= 4 is 39.4 Å². The number of hydrogen-bond acceptors (Lipinski definition) is 9. The molecule has 7 heterocycles. The maximum atomic E-state index is 16.6. The summed E-state index contributed by atoms with van der Waals surface area (Å²) in [4.78, 5) is 15.2. The number of aromatic hydroxyl groups is 1. The number of hydrogen-bond donors (Lipinski definition) is 2. The zero-order valence-corrected chi connectivity index (χ0v) is 23.6. The van der Waals surface area contributed by atoms with Gasteiger partial charge in [-0.15, -0.1) is 22.0 Å². The summed E-state index contributed by atoms with van der Waals surface area (Å²) < 4.78 is 16.6. The number of fused-ring (bicyclic) bond motifs is 5. The van der Waals surface area contributed by atoms with Crippen molar-refractivity contribution in [2.75, 3.05) is 37.3 Å². The molecule has 1 unspecified atom stereocenters. The van der Waals surface area contributed by atoms with Crippen LogP contribution in [0, 0.1) is 17.7 Å². The number of anilines is 1. The summed E-state index contributed by atoms with van der Waals surface area (Å²) in [7, 11) is 0. The van der Waals surface area contributed by atoms with E-state index >= 15 is 4.39 Å². The second-order valence-electron chi connectivity index (χ2n) is 11.7. The van der Waals surface area contributed by atoms with Gasteiger partial charge >= 0.3 is 0 Å². The fraction of sp³-hybridized carbons (Fsp3) is 0.419. The van der Waals surface area contributed by atoms with Crippen molar-refractivity contribution in [3.63, 3.8) is 0 Å². The van der Waals surface area contributed by atoms with Crippen LogP contribution in [0.1, 0.15) is 37.9 Å². The molecule has 0 amide bonds. The molecule has 5 aliphatic heterocycles.